The molecule has 2 aromatic heterocycles. The summed E-state index contributed by atoms with van der Waals surface area (Å²) in [6.07, 6.45) is 13.4. The molecule has 6 aliphatic heterocycles. The first-order valence-corrected chi connectivity index (χ1v) is 25.5. The second-order valence-corrected chi connectivity index (χ2v) is 20.7. The number of terminal acetylenes is 1. The van der Waals surface area contributed by atoms with Crippen LogP contribution in [0.5, 0.6) is 11.8 Å². The number of imide groups is 2. The van der Waals surface area contributed by atoms with Gasteiger partial charge in [-0.1, -0.05) is 24.1 Å². The number of benzene rings is 3. The minimum absolute atomic E-state index is 0.0211. The first-order chi connectivity index (χ1) is 36.2. The molecule has 5 amide bonds. The van der Waals surface area contributed by atoms with Gasteiger partial charge in [-0.05, 0) is 99.6 Å². The summed E-state index contributed by atoms with van der Waals surface area (Å²) in [5.41, 5.74) is 1.42. The molecule has 5 aromatic rings. The molecule has 8 heterocycles. The highest BCUT2D eigenvalue weighted by atomic mass is 19.1. The molecule has 6 aliphatic rings. The fourth-order valence-electron chi connectivity index (χ4n) is 12.0. The number of hydrogen-bond donors (Lipinski definition) is 4. The number of halogens is 2. The maximum Gasteiger partial charge on any atom is 0.409 e. The Hall–Kier alpha value is -7.76. The van der Waals surface area contributed by atoms with Crippen LogP contribution >= 0.6 is 0 Å². The van der Waals surface area contributed by atoms with E-state index in [1.165, 1.54) is 30.5 Å². The van der Waals surface area contributed by atoms with Crippen LogP contribution in [0, 0.1) is 24.0 Å². The number of aromatic nitrogens is 3. The number of carbonyl (C=O) groups is 5. The number of pyridine rings is 1. The molecule has 4 N–H and O–H groups in total. The molecule has 11 rings (SSSR count). The van der Waals surface area contributed by atoms with E-state index in [1.54, 1.807) is 30.1 Å². The zero-order chi connectivity index (χ0) is 52.3. The summed E-state index contributed by atoms with van der Waals surface area (Å²) in [6, 6.07) is 9.65. The number of phenols is 1. The van der Waals surface area contributed by atoms with E-state index in [2.05, 4.69) is 48.2 Å². The third-order valence-corrected chi connectivity index (χ3v) is 15.7. The van der Waals surface area contributed by atoms with Gasteiger partial charge in [0.05, 0.1) is 27.6 Å². The van der Waals surface area contributed by atoms with Crippen LogP contribution < -0.4 is 25.6 Å². The maximum absolute atomic E-state index is 17.2. The number of nitrogens with one attached hydrogen (secondary N) is 3. The lowest BCUT2D eigenvalue weighted by atomic mass is 9.94. The zero-order valence-corrected chi connectivity index (χ0v) is 41.4. The summed E-state index contributed by atoms with van der Waals surface area (Å²) in [5, 5.41) is 20.9. The molecule has 5 atom stereocenters. The van der Waals surface area contributed by atoms with Gasteiger partial charge in [-0.2, -0.15) is 9.97 Å². The normalized spacial score (nSPS) is 23.2. The van der Waals surface area contributed by atoms with Crippen LogP contribution in [0.4, 0.5) is 25.1 Å². The molecule has 20 heteroatoms. The smallest absolute Gasteiger partial charge is 0.409 e. The fourth-order valence-corrected chi connectivity index (χ4v) is 12.0. The second-order valence-electron chi connectivity index (χ2n) is 20.7. The highest BCUT2D eigenvalue weighted by molar-refractivity contribution is 6.23. The molecular formula is C55H56F2N10O8. The highest BCUT2D eigenvalue weighted by Gasteiger charge is 2.52. The number of carbonyl (C=O) groups excluding carboxylic acids is 5. The monoisotopic (exact) mass is 1020 g/mol. The molecule has 18 nitrogen and oxygen atoms in total. The van der Waals surface area contributed by atoms with Crippen molar-refractivity contribution in [3.63, 3.8) is 0 Å². The molecule has 5 fully saturated rings. The largest absolute Gasteiger partial charge is 0.508 e. The van der Waals surface area contributed by atoms with Gasteiger partial charge in [0.25, 0.3) is 11.8 Å². The van der Waals surface area contributed by atoms with Gasteiger partial charge >= 0.3 is 12.1 Å². The molecule has 4 unspecified atom stereocenters. The summed E-state index contributed by atoms with van der Waals surface area (Å²) in [5.74, 6) is -0.962. The van der Waals surface area contributed by atoms with Crippen molar-refractivity contribution in [3.05, 3.63) is 89.1 Å². The van der Waals surface area contributed by atoms with Crippen molar-refractivity contribution in [2.24, 2.45) is 0 Å². The average Bonchev–Trinajstić information content (AvgIpc) is 4.12. The van der Waals surface area contributed by atoms with Gasteiger partial charge < -0.3 is 35.0 Å². The van der Waals surface area contributed by atoms with Crippen molar-refractivity contribution >= 4 is 62.9 Å². The third-order valence-electron chi connectivity index (χ3n) is 15.7. The first kappa shape index (κ1) is 49.5. The van der Waals surface area contributed by atoms with E-state index in [1.807, 2.05) is 0 Å². The summed E-state index contributed by atoms with van der Waals surface area (Å²) >= 11 is 0. The Morgan fingerprint density at radius 3 is 2.59 bits per heavy atom. The van der Waals surface area contributed by atoms with Crippen LogP contribution in [0.1, 0.15) is 90.5 Å². The van der Waals surface area contributed by atoms with Crippen LogP contribution in [0.2, 0.25) is 0 Å². The molecular weight excluding hydrogens is 967 g/mol. The van der Waals surface area contributed by atoms with Crippen molar-refractivity contribution in [2.45, 2.75) is 93.9 Å². The molecule has 388 valence electrons. The Balaban J connectivity index is 0.714. The number of fused-ring (bicyclic) bond motifs is 6. The minimum Gasteiger partial charge on any atom is -0.508 e. The van der Waals surface area contributed by atoms with Crippen molar-refractivity contribution in [2.75, 3.05) is 63.2 Å². The Bertz CT molecular complexity index is 3260. The lowest BCUT2D eigenvalue weighted by molar-refractivity contribution is -0.136. The quantitative estimate of drug-likeness (QED) is 0.0407. The maximum atomic E-state index is 17.2. The van der Waals surface area contributed by atoms with Gasteiger partial charge in [0, 0.05) is 87.2 Å². The number of piperidine rings is 1. The highest BCUT2D eigenvalue weighted by Crippen LogP contribution is 2.45. The lowest BCUT2D eigenvalue weighted by Gasteiger charge is -2.35. The number of nitrogens with zero attached hydrogens (tertiary/aromatic N) is 7. The van der Waals surface area contributed by atoms with Crippen LogP contribution in [-0.2, 0) is 14.3 Å². The van der Waals surface area contributed by atoms with Gasteiger partial charge in [-0.15, -0.1) is 6.42 Å². The zero-order valence-electron chi connectivity index (χ0n) is 41.4. The predicted octanol–water partition coefficient (Wildman–Crippen LogP) is 6.04. The van der Waals surface area contributed by atoms with Crippen LogP contribution in [0.25, 0.3) is 32.9 Å². The number of ether oxygens (including phenoxy) is 2. The first-order valence-electron chi connectivity index (χ1n) is 25.5. The average molecular weight is 1020 g/mol. The second kappa shape index (κ2) is 19.8. The van der Waals surface area contributed by atoms with E-state index in [4.69, 9.17) is 20.9 Å². The number of unbranched alkanes of at least 4 members (excludes halogenated alkanes) is 2. The fraction of sp³-hybridized carbons (Fsp3) is 0.418. The lowest BCUT2D eigenvalue weighted by Crippen LogP contribution is -2.54. The van der Waals surface area contributed by atoms with Crippen molar-refractivity contribution < 1.29 is 47.3 Å². The molecule has 3 aromatic carbocycles. The van der Waals surface area contributed by atoms with Gasteiger partial charge in [0.15, 0.2) is 5.82 Å². The van der Waals surface area contributed by atoms with Gasteiger partial charge in [-0.25, -0.2) is 13.6 Å². The van der Waals surface area contributed by atoms with E-state index in [0.29, 0.717) is 61.4 Å². The Morgan fingerprint density at radius 2 is 1.80 bits per heavy atom. The van der Waals surface area contributed by atoms with E-state index in [0.717, 1.165) is 55.4 Å². The minimum atomic E-state index is -1.03. The van der Waals surface area contributed by atoms with Crippen molar-refractivity contribution in [3.8, 4) is 35.4 Å². The van der Waals surface area contributed by atoms with Crippen molar-refractivity contribution in [1.29, 1.82) is 0 Å². The molecule has 2 bridgehead atoms. The standard InChI is InChI=1S/C55H56F2N10O8/c1-4-37-42(56)13-8-31-20-36(68)22-40(45(31)37)47-46(57)48-41(24-59-47)49(65-26-33-9-10-34(27-65)60-33)63-53(62-48)75-29-55-17-16-35(66(55)25-30(2)23-55)28-74-54(73)64(3)19-7-5-6-18-58-32-11-12-38-39(21-32)52(72)67(51(38)71)43-14-15-44(69)61-50(43)70/h1,8,11-13,20-22,24,33-35,43,58,60,68H,2,5-7,9-10,14-19,23,25-29H2,3H3,(H,61,69,70)/t33?,34?,35-,43?,55?/m0/s1. The topological polar surface area (TPSA) is 212 Å². The number of piperazine rings is 1. The van der Waals surface area contributed by atoms with Gasteiger partial charge in [0.1, 0.15) is 47.9 Å². The summed E-state index contributed by atoms with van der Waals surface area (Å²) in [7, 11) is 1.71. The summed E-state index contributed by atoms with van der Waals surface area (Å²) in [6.45, 7) is 7.58. The number of phenolic OH excluding ortho intramolecular Hbond substituents is 1. The Labute approximate surface area is 430 Å². The van der Waals surface area contributed by atoms with Crippen LogP contribution in [-0.4, -0.2) is 147 Å². The van der Waals surface area contributed by atoms with Gasteiger partial charge in [-0.3, -0.25) is 39.3 Å². The molecule has 0 saturated carbocycles. The van der Waals surface area contributed by atoms with Crippen LogP contribution in [0.3, 0.4) is 0 Å². The number of anilines is 2. The predicted molar refractivity (Wildman–Crippen MR) is 273 cm³/mol. The van der Waals surface area contributed by atoms with Crippen LogP contribution in [0.15, 0.2) is 60.8 Å². The molecule has 0 radical (unpaired) electrons. The summed E-state index contributed by atoms with van der Waals surface area (Å²) < 4.78 is 44.8. The van der Waals surface area contributed by atoms with E-state index < -0.39 is 52.9 Å². The van der Waals surface area contributed by atoms with E-state index in [-0.39, 0.29) is 94.8 Å². The Morgan fingerprint density at radius 1 is 1.00 bits per heavy atom. The molecule has 75 heavy (non-hydrogen) atoms. The van der Waals surface area contributed by atoms with E-state index >= 15 is 8.78 Å². The van der Waals surface area contributed by atoms with Crippen molar-refractivity contribution in [1.82, 2.24) is 40.3 Å². The molecule has 0 spiro atoms. The third kappa shape index (κ3) is 9.21. The summed E-state index contributed by atoms with van der Waals surface area (Å²) in [4.78, 5) is 84.7. The molecule has 0 aliphatic carbocycles. The Kier molecular flexibility index (Phi) is 13.1. The number of rotatable bonds is 15. The SMILES string of the molecule is C#Cc1c(F)ccc2cc(O)cc(-c3ncc4c(N5CC6CCC(C5)N6)nc(OCC56CC[C@@H](COC(=O)N(C)CCCCCNc7ccc8c(c7)C(=O)N(C7CCC(=O)NC7=O)C8=O)N5CC(=C)C6)nc4c3F)c12. The number of amides is 5. The van der Waals surface area contributed by atoms with E-state index in [9.17, 15) is 29.1 Å². The number of aromatic hydroxyl groups is 1. The number of hydrogen-bond acceptors (Lipinski definition) is 15. The molecule has 5 saturated heterocycles. The van der Waals surface area contributed by atoms with Gasteiger partial charge in [0.2, 0.25) is 11.8 Å².